The lowest BCUT2D eigenvalue weighted by Crippen LogP contribution is -2.22. The first-order valence-corrected chi connectivity index (χ1v) is 8.32. The van der Waals surface area contributed by atoms with Crippen molar-refractivity contribution in [3.8, 4) is 5.75 Å². The fourth-order valence-electron chi connectivity index (χ4n) is 2.27. The average molecular weight is 312 g/mol. The first kappa shape index (κ1) is 17.8. The molecule has 1 aromatic rings. The van der Waals surface area contributed by atoms with Crippen molar-refractivity contribution < 1.29 is 9.53 Å². The van der Waals surface area contributed by atoms with E-state index in [1.165, 1.54) is 0 Å². The molecule has 0 fully saturated rings. The smallest absolute Gasteiger partial charge is 0.227 e. The molecule has 1 rings (SSSR count). The van der Waals surface area contributed by atoms with Crippen LogP contribution in [0.4, 0.5) is 5.69 Å². The van der Waals surface area contributed by atoms with Crippen LogP contribution in [-0.2, 0) is 10.7 Å². The summed E-state index contributed by atoms with van der Waals surface area (Å²) in [5.41, 5.74) is 1.69. The highest BCUT2D eigenvalue weighted by Crippen LogP contribution is 2.25. The van der Waals surface area contributed by atoms with E-state index in [0.29, 0.717) is 12.5 Å². The highest BCUT2D eigenvalue weighted by Gasteiger charge is 2.16. The Hall–Kier alpha value is -1.22. The molecule has 0 aliphatic carbocycles. The van der Waals surface area contributed by atoms with E-state index in [-0.39, 0.29) is 11.8 Å². The maximum atomic E-state index is 12.3. The summed E-state index contributed by atoms with van der Waals surface area (Å²) in [6, 6.07) is 5.62. The van der Waals surface area contributed by atoms with Crippen molar-refractivity contribution >= 4 is 23.2 Å². The Morgan fingerprint density at radius 1 is 1.33 bits per heavy atom. The molecule has 0 saturated carbocycles. The third-order valence-electron chi connectivity index (χ3n) is 3.54. The number of carbonyl (C=O) groups is 1. The third-order valence-corrected chi connectivity index (χ3v) is 3.83. The van der Waals surface area contributed by atoms with Crippen LogP contribution in [0.3, 0.4) is 0 Å². The molecule has 0 aromatic heterocycles. The molecule has 0 bridgehead atoms. The molecule has 21 heavy (non-hydrogen) atoms. The fraction of sp³-hybridized carbons (Fsp3) is 0.588. The molecule has 4 heteroatoms. The average Bonchev–Trinajstić information content (AvgIpc) is 2.49. The zero-order valence-electron chi connectivity index (χ0n) is 13.2. The summed E-state index contributed by atoms with van der Waals surface area (Å²) in [6.07, 6.45) is 4.01. The van der Waals surface area contributed by atoms with E-state index in [1.54, 1.807) is 0 Å². The third kappa shape index (κ3) is 5.58. The van der Waals surface area contributed by atoms with Crippen molar-refractivity contribution in [2.75, 3.05) is 11.9 Å². The highest BCUT2D eigenvalue weighted by molar-refractivity contribution is 6.17. The second-order valence-corrected chi connectivity index (χ2v) is 5.39. The van der Waals surface area contributed by atoms with Crippen molar-refractivity contribution in [1.29, 1.82) is 0 Å². The first-order valence-electron chi connectivity index (χ1n) is 7.78. The molecule has 0 aliphatic heterocycles. The van der Waals surface area contributed by atoms with E-state index in [9.17, 15) is 4.79 Å². The zero-order chi connectivity index (χ0) is 15.7. The normalized spacial score (nSPS) is 12.0. The summed E-state index contributed by atoms with van der Waals surface area (Å²) < 4.78 is 5.51. The van der Waals surface area contributed by atoms with Gasteiger partial charge >= 0.3 is 0 Å². The van der Waals surface area contributed by atoms with Gasteiger partial charge in [0.25, 0.3) is 0 Å². The van der Waals surface area contributed by atoms with Crippen molar-refractivity contribution in [3.63, 3.8) is 0 Å². The van der Waals surface area contributed by atoms with Gasteiger partial charge in [0.05, 0.1) is 12.5 Å². The predicted molar refractivity (Wildman–Crippen MR) is 89.1 cm³/mol. The summed E-state index contributed by atoms with van der Waals surface area (Å²) in [6.45, 7) is 6.74. The second kappa shape index (κ2) is 9.67. The molecule has 0 spiro atoms. The number of benzene rings is 1. The van der Waals surface area contributed by atoms with Gasteiger partial charge in [-0.1, -0.05) is 26.7 Å². The van der Waals surface area contributed by atoms with Crippen LogP contribution < -0.4 is 10.1 Å². The van der Waals surface area contributed by atoms with Gasteiger partial charge in [-0.25, -0.2) is 0 Å². The molecule has 0 aliphatic rings. The molecule has 1 atom stereocenters. The minimum Gasteiger partial charge on any atom is -0.494 e. The first-order chi connectivity index (χ1) is 10.2. The van der Waals surface area contributed by atoms with E-state index in [4.69, 9.17) is 16.3 Å². The number of alkyl halides is 1. The summed E-state index contributed by atoms with van der Waals surface area (Å²) in [7, 11) is 0. The molecular formula is C17H26ClNO2. The van der Waals surface area contributed by atoms with Crippen LogP contribution in [0, 0.1) is 5.92 Å². The van der Waals surface area contributed by atoms with Crippen molar-refractivity contribution in [3.05, 3.63) is 23.8 Å². The number of hydrogen-bond donors (Lipinski definition) is 1. The van der Waals surface area contributed by atoms with E-state index >= 15 is 0 Å². The van der Waals surface area contributed by atoms with Gasteiger partial charge in [0.15, 0.2) is 0 Å². The van der Waals surface area contributed by atoms with E-state index < -0.39 is 0 Å². The fourth-order valence-corrected chi connectivity index (χ4v) is 2.48. The molecular weight excluding hydrogens is 286 g/mol. The number of nitrogens with one attached hydrogen (secondary N) is 1. The SMILES string of the molecule is CCCCC(CC)C(=O)Nc1ccc(OCC)c(CCl)c1. The lowest BCUT2D eigenvalue weighted by Gasteiger charge is -2.16. The monoisotopic (exact) mass is 311 g/mol. The lowest BCUT2D eigenvalue weighted by atomic mass is 9.98. The minimum absolute atomic E-state index is 0.0796. The Balaban J connectivity index is 2.75. The number of anilines is 1. The van der Waals surface area contributed by atoms with Gasteiger partial charge in [0.1, 0.15) is 5.75 Å². The van der Waals surface area contributed by atoms with E-state index in [0.717, 1.165) is 42.7 Å². The van der Waals surface area contributed by atoms with E-state index in [1.807, 2.05) is 25.1 Å². The molecule has 0 heterocycles. The number of carbonyl (C=O) groups excluding carboxylic acids is 1. The van der Waals surface area contributed by atoms with Crippen molar-refractivity contribution in [2.24, 2.45) is 5.92 Å². The van der Waals surface area contributed by atoms with Crippen molar-refractivity contribution in [1.82, 2.24) is 0 Å². The predicted octanol–water partition coefficient (Wildman–Crippen LogP) is 4.98. The minimum atomic E-state index is 0.0796. The number of unbranched alkanes of at least 4 members (excludes halogenated alkanes) is 1. The molecule has 3 nitrogen and oxygen atoms in total. The Labute approximate surface area is 133 Å². The van der Waals surface area contributed by atoms with Crippen LogP contribution in [0.15, 0.2) is 18.2 Å². The Morgan fingerprint density at radius 2 is 2.10 bits per heavy atom. The van der Waals surface area contributed by atoms with Gasteiger partial charge < -0.3 is 10.1 Å². The summed E-state index contributed by atoms with van der Waals surface area (Å²) >= 11 is 5.94. The van der Waals surface area contributed by atoms with Crippen LogP contribution >= 0.6 is 11.6 Å². The van der Waals surface area contributed by atoms with Gasteiger partial charge in [0.2, 0.25) is 5.91 Å². The maximum absolute atomic E-state index is 12.3. The standard InChI is InChI=1S/C17H26ClNO2/c1-4-7-8-13(5-2)17(20)19-15-9-10-16(21-6-3)14(11-15)12-18/h9-11,13H,4-8,12H2,1-3H3,(H,19,20). The van der Waals surface area contributed by atoms with Gasteiger partial charge in [-0.3, -0.25) is 4.79 Å². The van der Waals surface area contributed by atoms with Gasteiger partial charge in [-0.05, 0) is 38.0 Å². The van der Waals surface area contributed by atoms with Gasteiger partial charge in [-0.15, -0.1) is 11.6 Å². The molecule has 0 saturated heterocycles. The molecule has 1 N–H and O–H groups in total. The number of amides is 1. The highest BCUT2D eigenvalue weighted by atomic mass is 35.5. The molecule has 1 amide bonds. The zero-order valence-corrected chi connectivity index (χ0v) is 14.0. The topological polar surface area (TPSA) is 38.3 Å². The maximum Gasteiger partial charge on any atom is 0.227 e. The summed E-state index contributed by atoms with van der Waals surface area (Å²) in [5.74, 6) is 1.32. The molecule has 118 valence electrons. The number of rotatable bonds is 9. The Kier molecular flexibility index (Phi) is 8.21. The van der Waals surface area contributed by atoms with Gasteiger partial charge in [-0.2, -0.15) is 0 Å². The molecule has 0 radical (unpaired) electrons. The van der Waals surface area contributed by atoms with Crippen LogP contribution in [0.1, 0.15) is 52.0 Å². The van der Waals surface area contributed by atoms with E-state index in [2.05, 4.69) is 19.2 Å². The lowest BCUT2D eigenvalue weighted by molar-refractivity contribution is -0.120. The Morgan fingerprint density at radius 3 is 2.67 bits per heavy atom. The second-order valence-electron chi connectivity index (χ2n) is 5.13. The molecule has 1 aromatic carbocycles. The number of ether oxygens (including phenoxy) is 1. The largest absolute Gasteiger partial charge is 0.494 e. The Bertz CT molecular complexity index is 448. The summed E-state index contributed by atoms with van der Waals surface area (Å²) in [4.78, 5) is 12.3. The van der Waals surface area contributed by atoms with Crippen LogP contribution in [0.25, 0.3) is 0 Å². The quantitative estimate of drug-likeness (QED) is 0.653. The van der Waals surface area contributed by atoms with Crippen molar-refractivity contribution in [2.45, 2.75) is 52.3 Å². The number of halogens is 1. The summed E-state index contributed by atoms with van der Waals surface area (Å²) in [5, 5.41) is 2.99. The van der Waals surface area contributed by atoms with Crippen LogP contribution in [0.2, 0.25) is 0 Å². The van der Waals surface area contributed by atoms with Crippen LogP contribution in [0.5, 0.6) is 5.75 Å². The number of hydrogen-bond acceptors (Lipinski definition) is 2. The molecule has 1 unspecified atom stereocenters. The van der Waals surface area contributed by atoms with Gasteiger partial charge in [0, 0.05) is 17.2 Å². The van der Waals surface area contributed by atoms with Crippen LogP contribution in [-0.4, -0.2) is 12.5 Å².